The highest BCUT2D eigenvalue weighted by Crippen LogP contribution is 2.45. The summed E-state index contributed by atoms with van der Waals surface area (Å²) in [5.41, 5.74) is 0. The number of carbonyl (C=O) groups excluding carboxylic acids is 4. The number of phosphoric ester groups is 2. The van der Waals surface area contributed by atoms with E-state index < -0.39 is 97.5 Å². The Morgan fingerprint density at radius 3 is 0.776 bits per heavy atom. The molecular weight excluding hydrogens is 1280 g/mol. The van der Waals surface area contributed by atoms with Gasteiger partial charge in [-0.1, -0.05) is 363 Å². The van der Waals surface area contributed by atoms with Crippen molar-refractivity contribution in [3.05, 3.63) is 0 Å². The van der Waals surface area contributed by atoms with E-state index in [2.05, 4.69) is 41.5 Å². The standard InChI is InChI=1S/C79H154O17P2/c1-7-10-12-14-15-16-17-18-19-20-21-22-23-24-25-30-33-36-39-45-51-57-63-78(83)96-75(68-90-77(82)62-56-50-44-38-35-32-29-27-26-28-31-34-37-42-48-53-59-71(4)5)70-94-98(87,88)92-66-73(80)65-91-97(85,86)93-69-74(67-89-76(81)61-55-47-13-11-8-2)95-79(84)64-58-52-46-41-40-43-49-54-60-72(6)9-3/h71-75,80H,7-70H2,1-6H3,(H,85,86)(H,87,88)/t72?,73-,74+,75+/m0/s1. The first kappa shape index (κ1) is 96.1. The summed E-state index contributed by atoms with van der Waals surface area (Å²) in [5, 5.41) is 10.6. The highest BCUT2D eigenvalue weighted by atomic mass is 31.2. The zero-order valence-corrected chi connectivity index (χ0v) is 65.9. The highest BCUT2D eigenvalue weighted by molar-refractivity contribution is 7.47. The third kappa shape index (κ3) is 71.1. The molecule has 0 aromatic rings. The Kier molecular flexibility index (Phi) is 69.3. The van der Waals surface area contributed by atoms with Crippen molar-refractivity contribution in [3.63, 3.8) is 0 Å². The summed E-state index contributed by atoms with van der Waals surface area (Å²) in [6.07, 6.45) is 60.3. The zero-order valence-electron chi connectivity index (χ0n) is 64.1. The molecule has 0 aromatic heterocycles. The minimum absolute atomic E-state index is 0.104. The number of rotatable bonds is 78. The molecule has 0 radical (unpaired) electrons. The largest absolute Gasteiger partial charge is 0.472 e. The van der Waals surface area contributed by atoms with Crippen molar-refractivity contribution in [1.82, 2.24) is 0 Å². The van der Waals surface area contributed by atoms with Gasteiger partial charge in [0.1, 0.15) is 19.3 Å². The maximum Gasteiger partial charge on any atom is 0.472 e. The average molecular weight is 1440 g/mol. The second-order valence-corrected chi connectivity index (χ2v) is 32.1. The molecule has 582 valence electrons. The Bertz CT molecular complexity index is 1890. The fourth-order valence-electron chi connectivity index (χ4n) is 12.2. The molecule has 0 aromatic carbocycles. The van der Waals surface area contributed by atoms with Gasteiger partial charge in [0.15, 0.2) is 12.2 Å². The number of aliphatic hydroxyl groups excluding tert-OH is 1. The van der Waals surface area contributed by atoms with Crippen molar-refractivity contribution in [2.45, 2.75) is 432 Å². The molecule has 19 heteroatoms. The average Bonchev–Trinajstić information content (AvgIpc) is 0.934. The van der Waals surface area contributed by atoms with E-state index in [0.717, 1.165) is 108 Å². The van der Waals surface area contributed by atoms with Gasteiger partial charge in [-0.15, -0.1) is 0 Å². The van der Waals surface area contributed by atoms with Crippen LogP contribution in [0.1, 0.15) is 414 Å². The molecule has 0 heterocycles. The van der Waals surface area contributed by atoms with Crippen molar-refractivity contribution in [2.75, 3.05) is 39.6 Å². The van der Waals surface area contributed by atoms with Gasteiger partial charge in [0.2, 0.25) is 0 Å². The smallest absolute Gasteiger partial charge is 0.462 e. The lowest BCUT2D eigenvalue weighted by atomic mass is 9.99. The van der Waals surface area contributed by atoms with E-state index in [0.29, 0.717) is 25.7 Å². The molecule has 6 atom stereocenters. The lowest BCUT2D eigenvalue weighted by molar-refractivity contribution is -0.161. The molecule has 3 N–H and O–H groups in total. The predicted molar refractivity (Wildman–Crippen MR) is 400 cm³/mol. The summed E-state index contributed by atoms with van der Waals surface area (Å²) >= 11 is 0. The molecule has 0 aliphatic carbocycles. The number of aliphatic hydroxyl groups is 1. The fraction of sp³-hybridized carbons (Fsp3) is 0.949. The van der Waals surface area contributed by atoms with E-state index in [1.807, 2.05) is 0 Å². The Morgan fingerprint density at radius 1 is 0.296 bits per heavy atom. The maximum atomic E-state index is 13.1. The molecule has 98 heavy (non-hydrogen) atoms. The van der Waals surface area contributed by atoms with Gasteiger partial charge in [-0.25, -0.2) is 9.13 Å². The van der Waals surface area contributed by atoms with Gasteiger partial charge in [0.05, 0.1) is 26.4 Å². The van der Waals surface area contributed by atoms with Gasteiger partial charge >= 0.3 is 39.5 Å². The third-order valence-electron chi connectivity index (χ3n) is 18.8. The minimum atomic E-state index is -4.96. The SMILES string of the molecule is CCCCCCCCCCCCCCCCCCCCCCCCC(=O)O[C@H](COC(=O)CCCCCCCCCCCCCCCCCCC(C)C)COP(=O)(O)OC[C@@H](O)COP(=O)(O)OC[C@@H](COC(=O)CCCCCCC)OC(=O)CCCCCCCCCCC(C)CC. The molecule has 0 spiro atoms. The van der Waals surface area contributed by atoms with Crippen LogP contribution in [0, 0.1) is 11.8 Å². The van der Waals surface area contributed by atoms with E-state index in [9.17, 15) is 43.2 Å². The number of hydrogen-bond donors (Lipinski definition) is 3. The van der Waals surface area contributed by atoms with Crippen LogP contribution < -0.4 is 0 Å². The summed E-state index contributed by atoms with van der Waals surface area (Å²) in [7, 11) is -9.90. The first-order valence-electron chi connectivity index (χ1n) is 41.0. The second-order valence-electron chi connectivity index (χ2n) is 29.2. The summed E-state index contributed by atoms with van der Waals surface area (Å²) in [5.74, 6) is -0.544. The van der Waals surface area contributed by atoms with Gasteiger partial charge < -0.3 is 33.8 Å². The van der Waals surface area contributed by atoms with Gasteiger partial charge in [0, 0.05) is 25.7 Å². The molecule has 0 aliphatic rings. The number of carbonyl (C=O) groups is 4. The fourth-order valence-corrected chi connectivity index (χ4v) is 13.7. The Morgan fingerprint density at radius 2 is 0.520 bits per heavy atom. The Labute approximate surface area is 600 Å². The van der Waals surface area contributed by atoms with Gasteiger partial charge in [-0.2, -0.15) is 0 Å². The minimum Gasteiger partial charge on any atom is -0.462 e. The van der Waals surface area contributed by atoms with Crippen LogP contribution in [0.3, 0.4) is 0 Å². The van der Waals surface area contributed by atoms with Crippen LogP contribution >= 0.6 is 15.6 Å². The third-order valence-corrected chi connectivity index (χ3v) is 20.7. The van der Waals surface area contributed by atoms with E-state index >= 15 is 0 Å². The summed E-state index contributed by atoms with van der Waals surface area (Å²) in [6, 6.07) is 0. The van der Waals surface area contributed by atoms with Crippen LogP contribution in [0.4, 0.5) is 0 Å². The molecule has 0 amide bonds. The van der Waals surface area contributed by atoms with Crippen LogP contribution in [0.25, 0.3) is 0 Å². The number of ether oxygens (including phenoxy) is 4. The lowest BCUT2D eigenvalue weighted by Crippen LogP contribution is -2.30. The molecule has 0 saturated heterocycles. The predicted octanol–water partition coefficient (Wildman–Crippen LogP) is 23.5. The summed E-state index contributed by atoms with van der Waals surface area (Å²) < 4.78 is 68.4. The van der Waals surface area contributed by atoms with Gasteiger partial charge in [0.25, 0.3) is 0 Å². The highest BCUT2D eigenvalue weighted by Gasteiger charge is 2.30. The molecule has 0 bridgehead atoms. The molecule has 3 unspecified atom stereocenters. The van der Waals surface area contributed by atoms with Crippen LogP contribution in [-0.2, 0) is 65.4 Å². The van der Waals surface area contributed by atoms with E-state index in [4.69, 9.17) is 37.0 Å². The molecule has 17 nitrogen and oxygen atoms in total. The first-order valence-corrected chi connectivity index (χ1v) is 44.0. The summed E-state index contributed by atoms with van der Waals surface area (Å²) in [6.45, 7) is 9.54. The number of hydrogen-bond acceptors (Lipinski definition) is 15. The monoisotopic (exact) mass is 1440 g/mol. The van der Waals surface area contributed by atoms with E-state index in [1.165, 1.54) is 225 Å². The van der Waals surface area contributed by atoms with Gasteiger partial charge in [-0.3, -0.25) is 37.3 Å². The van der Waals surface area contributed by atoms with Crippen LogP contribution in [0.15, 0.2) is 0 Å². The zero-order chi connectivity index (χ0) is 72.1. The van der Waals surface area contributed by atoms with Crippen LogP contribution in [0.5, 0.6) is 0 Å². The van der Waals surface area contributed by atoms with Crippen molar-refractivity contribution in [3.8, 4) is 0 Å². The van der Waals surface area contributed by atoms with Crippen molar-refractivity contribution in [1.29, 1.82) is 0 Å². The quantitative estimate of drug-likeness (QED) is 0.0222. The topological polar surface area (TPSA) is 237 Å². The molecule has 0 aliphatic heterocycles. The van der Waals surface area contributed by atoms with Crippen molar-refractivity contribution in [2.24, 2.45) is 11.8 Å². The number of esters is 4. The molecule has 0 saturated carbocycles. The van der Waals surface area contributed by atoms with E-state index in [1.54, 1.807) is 0 Å². The van der Waals surface area contributed by atoms with Crippen molar-refractivity contribution >= 4 is 39.5 Å². The second kappa shape index (κ2) is 70.7. The maximum absolute atomic E-state index is 13.1. The lowest BCUT2D eigenvalue weighted by Gasteiger charge is -2.21. The number of phosphoric acid groups is 2. The van der Waals surface area contributed by atoms with Crippen LogP contribution in [0.2, 0.25) is 0 Å². The van der Waals surface area contributed by atoms with Crippen LogP contribution in [-0.4, -0.2) is 96.7 Å². The van der Waals surface area contributed by atoms with Crippen molar-refractivity contribution < 1.29 is 80.2 Å². The Hall–Kier alpha value is -1.94. The molecular formula is C79H154O17P2. The Balaban J connectivity index is 5.11. The van der Waals surface area contributed by atoms with Gasteiger partial charge in [-0.05, 0) is 37.5 Å². The number of unbranched alkanes of at least 4 members (excludes halogenated alkanes) is 47. The summed E-state index contributed by atoms with van der Waals surface area (Å²) in [4.78, 5) is 72.6. The molecule has 0 fully saturated rings. The molecule has 0 rings (SSSR count). The van der Waals surface area contributed by atoms with E-state index in [-0.39, 0.29) is 25.7 Å². The normalized spacial score (nSPS) is 14.2. The first-order chi connectivity index (χ1) is 47.4.